The third-order valence-corrected chi connectivity index (χ3v) is 8.62. The summed E-state index contributed by atoms with van der Waals surface area (Å²) in [5, 5.41) is 15.6. The van der Waals surface area contributed by atoms with Crippen molar-refractivity contribution in [1.82, 2.24) is 29.5 Å². The van der Waals surface area contributed by atoms with Crippen molar-refractivity contribution in [1.29, 1.82) is 0 Å². The van der Waals surface area contributed by atoms with Crippen LogP contribution in [0.4, 0.5) is 0 Å². The molecule has 0 bridgehead atoms. The van der Waals surface area contributed by atoms with Crippen LogP contribution in [-0.2, 0) is 34.2 Å². The molecule has 0 spiro atoms. The summed E-state index contributed by atoms with van der Waals surface area (Å²) in [5.74, 6) is 0. The van der Waals surface area contributed by atoms with Crippen LogP contribution in [0.5, 0.6) is 0 Å². The molecule has 255 valence electrons. The first-order valence-corrected chi connectivity index (χ1v) is 16.5. The van der Waals surface area contributed by atoms with E-state index in [1.54, 1.807) is 12.4 Å². The van der Waals surface area contributed by atoms with Gasteiger partial charge in [-0.1, -0.05) is 109 Å². The van der Waals surface area contributed by atoms with Gasteiger partial charge >= 0.3 is 0 Å². The molecule has 10 aromatic rings. The Hall–Kier alpha value is -6.28. The van der Waals surface area contributed by atoms with E-state index in [0.29, 0.717) is 5.69 Å². The number of hydrogen-bond donors (Lipinski definition) is 0. The molecule has 1 radical (unpaired) electrons. The van der Waals surface area contributed by atoms with Gasteiger partial charge in [0.15, 0.2) is 0 Å². The molecule has 0 unspecified atom stereocenters. The molecule has 4 aromatic heterocycles. The van der Waals surface area contributed by atoms with Crippen molar-refractivity contribution in [3.05, 3.63) is 177 Å². The summed E-state index contributed by atoms with van der Waals surface area (Å²) in [6, 6.07) is 53.8. The topological polar surface area (TPSA) is 70.4 Å². The van der Waals surface area contributed by atoms with E-state index in [0.717, 1.165) is 39.1 Å². The Morgan fingerprint density at radius 2 is 1.08 bits per heavy atom. The van der Waals surface area contributed by atoms with Crippen LogP contribution in [0, 0.1) is 24.8 Å². The summed E-state index contributed by atoms with van der Waals surface area (Å²) < 4.78 is 8.20. The Balaban J connectivity index is 0.000000125. The van der Waals surface area contributed by atoms with Crippen molar-refractivity contribution < 1.29 is 29.2 Å². The van der Waals surface area contributed by atoms with Crippen LogP contribution in [0.3, 0.4) is 0 Å². The van der Waals surface area contributed by atoms with Crippen LogP contribution in [0.25, 0.3) is 66.4 Å². The van der Waals surface area contributed by atoms with Crippen molar-refractivity contribution in [2.45, 2.75) is 0 Å². The summed E-state index contributed by atoms with van der Waals surface area (Å²) in [6.45, 7) is 0. The summed E-state index contributed by atoms with van der Waals surface area (Å²) in [4.78, 5) is 4.08. The number of fused-ring (bicyclic) bond motifs is 4. The van der Waals surface area contributed by atoms with E-state index in [4.69, 9.17) is 0 Å². The second-order valence-electron chi connectivity index (χ2n) is 11.8. The zero-order chi connectivity index (χ0) is 34.6. The fraction of sp³-hybridized carbons (Fsp3) is 0.0465. The monoisotopic (exact) mass is 852 g/mol. The molecule has 4 heterocycles. The molecule has 0 fully saturated rings. The van der Waals surface area contributed by atoms with Crippen LogP contribution in [0.2, 0.25) is 0 Å². The van der Waals surface area contributed by atoms with Crippen LogP contribution >= 0.6 is 0 Å². The molecule has 0 amide bonds. The van der Waals surface area contributed by atoms with Gasteiger partial charge in [-0.3, -0.25) is 10.2 Å². The maximum atomic E-state index is 4.08. The molecular weight excluding hydrogens is 821 g/mol. The Bertz CT molecular complexity index is 2570. The number of aromatic nitrogens is 8. The van der Waals surface area contributed by atoms with Gasteiger partial charge in [0.05, 0.1) is 41.9 Å². The Morgan fingerprint density at radius 1 is 0.577 bits per heavy atom. The van der Waals surface area contributed by atoms with Crippen molar-refractivity contribution in [3.63, 3.8) is 0 Å². The van der Waals surface area contributed by atoms with Gasteiger partial charge in [-0.25, -0.2) is 0 Å². The SMILES string of the molecule is C[n+]1[c-]n(-c2[c-]ccc3ccccc23)c2ccccc21.C[n+]1[c-]n(-c2[c-]ccc3ccccc23)c2ccccc21.[Ir].c1ccc(-c2cnn[n-]2)nc1. The van der Waals surface area contributed by atoms with Crippen LogP contribution in [0.1, 0.15) is 0 Å². The largest absolute Gasteiger partial charge is 0.358 e. The molecule has 0 aliphatic heterocycles. The molecule has 6 aromatic carbocycles. The molecule has 0 saturated heterocycles. The van der Waals surface area contributed by atoms with E-state index in [1.807, 2.05) is 65.7 Å². The summed E-state index contributed by atoms with van der Waals surface area (Å²) >= 11 is 0. The normalized spacial score (nSPS) is 10.7. The third-order valence-electron chi connectivity index (χ3n) is 8.62. The molecule has 0 atom stereocenters. The van der Waals surface area contributed by atoms with Crippen LogP contribution in [-0.4, -0.2) is 24.4 Å². The number of rotatable bonds is 3. The smallest absolute Gasteiger partial charge is 0.242 e. The van der Waals surface area contributed by atoms with E-state index < -0.39 is 0 Å². The molecular formula is C43H31IrN8-3. The van der Waals surface area contributed by atoms with E-state index in [-0.39, 0.29) is 20.1 Å². The van der Waals surface area contributed by atoms with Gasteiger partial charge in [-0.15, -0.1) is 33.7 Å². The molecule has 0 N–H and O–H groups in total. The first-order chi connectivity index (χ1) is 25.2. The van der Waals surface area contributed by atoms with E-state index >= 15 is 0 Å². The van der Waals surface area contributed by atoms with Crippen molar-refractivity contribution >= 4 is 43.6 Å². The van der Waals surface area contributed by atoms with Crippen molar-refractivity contribution in [2.75, 3.05) is 0 Å². The fourth-order valence-electron chi connectivity index (χ4n) is 6.20. The van der Waals surface area contributed by atoms with Crippen LogP contribution in [0.15, 0.2) is 152 Å². The Kier molecular flexibility index (Phi) is 10.1. The number of benzene rings is 6. The number of para-hydroxylation sites is 4. The zero-order valence-electron chi connectivity index (χ0n) is 28.3. The fourth-order valence-corrected chi connectivity index (χ4v) is 6.20. The molecule has 0 aliphatic carbocycles. The first-order valence-electron chi connectivity index (χ1n) is 16.5. The van der Waals surface area contributed by atoms with Gasteiger partial charge in [0, 0.05) is 26.3 Å². The second kappa shape index (κ2) is 15.3. The summed E-state index contributed by atoms with van der Waals surface area (Å²) in [6.07, 6.45) is 10.0. The van der Waals surface area contributed by atoms with Gasteiger partial charge < -0.3 is 28.5 Å². The minimum absolute atomic E-state index is 0. The predicted octanol–water partition coefficient (Wildman–Crippen LogP) is 6.91. The quantitative estimate of drug-likeness (QED) is 0.143. The van der Waals surface area contributed by atoms with Crippen molar-refractivity contribution in [3.8, 4) is 22.8 Å². The minimum atomic E-state index is 0. The van der Waals surface area contributed by atoms with Crippen LogP contribution < -0.4 is 14.2 Å². The van der Waals surface area contributed by atoms with Gasteiger partial charge in [-0.05, 0) is 17.8 Å². The zero-order valence-corrected chi connectivity index (χ0v) is 30.7. The molecule has 52 heavy (non-hydrogen) atoms. The molecule has 0 aliphatic rings. The molecule has 10 rings (SSSR count). The van der Waals surface area contributed by atoms with Crippen molar-refractivity contribution in [2.24, 2.45) is 14.1 Å². The number of pyridine rings is 1. The molecule has 0 saturated carbocycles. The average Bonchev–Trinajstić information content (AvgIpc) is 3.94. The van der Waals surface area contributed by atoms with E-state index in [2.05, 4.69) is 151 Å². The maximum absolute atomic E-state index is 4.08. The van der Waals surface area contributed by atoms with E-state index in [9.17, 15) is 0 Å². The van der Waals surface area contributed by atoms with Gasteiger partial charge in [0.25, 0.3) is 0 Å². The number of hydrogen-bond acceptors (Lipinski definition) is 3. The Morgan fingerprint density at radius 3 is 1.58 bits per heavy atom. The summed E-state index contributed by atoms with van der Waals surface area (Å²) in [5.41, 5.74) is 8.20. The minimum Gasteiger partial charge on any atom is -0.358 e. The Labute approximate surface area is 314 Å². The van der Waals surface area contributed by atoms with Gasteiger partial charge in [0.2, 0.25) is 12.7 Å². The number of nitrogens with zero attached hydrogens (tertiary/aromatic N) is 8. The van der Waals surface area contributed by atoms with Gasteiger partial charge in [-0.2, -0.15) is 36.4 Å². The van der Waals surface area contributed by atoms with E-state index in [1.165, 1.54) is 21.5 Å². The number of aryl methyl sites for hydroxylation is 2. The second-order valence-corrected chi connectivity index (χ2v) is 11.8. The van der Waals surface area contributed by atoms with Gasteiger partial charge in [0.1, 0.15) is 0 Å². The first kappa shape index (κ1) is 34.2. The predicted molar refractivity (Wildman–Crippen MR) is 198 cm³/mol. The average molecular weight is 852 g/mol. The number of imidazole rings is 2. The summed E-state index contributed by atoms with van der Waals surface area (Å²) in [7, 11) is 4.04. The molecule has 8 nitrogen and oxygen atoms in total. The molecule has 9 heteroatoms. The third kappa shape index (κ3) is 6.75. The maximum Gasteiger partial charge on any atom is 0.242 e. The standard InChI is InChI=1S/2C18H13N2.C7H5N4.Ir/c2*1-19-13-20(18-11-5-4-10-17(18)19)16-12-6-8-14-7-2-3-9-15(14)16;1-2-4-8-6(3-1)7-5-9-11-10-7;/h2*2-11H,1H3;1-5H;/q3*-1;.